The van der Waals surface area contributed by atoms with Gasteiger partial charge in [-0.2, -0.15) is 0 Å². The summed E-state index contributed by atoms with van der Waals surface area (Å²) in [4.78, 5) is 12.1. The second kappa shape index (κ2) is 6.02. The SMILES string of the molecule is O=C(Nc1ccccc1)c1cc(Cl)c(Cl)c(Cl)c1Cl. The average Bonchev–Trinajstić information content (AvgIpc) is 2.41. The van der Waals surface area contributed by atoms with E-state index in [-0.39, 0.29) is 25.7 Å². The van der Waals surface area contributed by atoms with E-state index in [1.807, 2.05) is 6.07 Å². The molecule has 2 aromatic carbocycles. The van der Waals surface area contributed by atoms with Crippen molar-refractivity contribution in [2.75, 3.05) is 5.32 Å². The lowest BCUT2D eigenvalue weighted by atomic mass is 10.2. The Hall–Kier alpha value is -0.930. The molecule has 0 aliphatic rings. The summed E-state index contributed by atoms with van der Waals surface area (Å²) in [6.45, 7) is 0. The molecule has 2 nitrogen and oxygen atoms in total. The molecule has 0 aliphatic heterocycles. The molecule has 6 heteroatoms. The van der Waals surface area contributed by atoms with Crippen LogP contribution in [0.3, 0.4) is 0 Å². The van der Waals surface area contributed by atoms with Crippen molar-refractivity contribution >= 4 is 58.0 Å². The Balaban J connectivity index is 2.35. The van der Waals surface area contributed by atoms with Gasteiger partial charge in [0, 0.05) is 5.69 Å². The summed E-state index contributed by atoms with van der Waals surface area (Å²) in [5.74, 6) is -0.406. The fourth-order valence-corrected chi connectivity index (χ4v) is 2.35. The van der Waals surface area contributed by atoms with Crippen molar-refractivity contribution in [3.8, 4) is 0 Å². The number of hydrogen-bond donors (Lipinski definition) is 1. The topological polar surface area (TPSA) is 29.1 Å². The lowest BCUT2D eigenvalue weighted by Gasteiger charge is -2.09. The fraction of sp³-hybridized carbons (Fsp3) is 0. The number of carbonyl (C=O) groups is 1. The van der Waals surface area contributed by atoms with Crippen LogP contribution in [0.2, 0.25) is 20.1 Å². The minimum Gasteiger partial charge on any atom is -0.322 e. The molecule has 0 unspecified atom stereocenters. The van der Waals surface area contributed by atoms with Crippen LogP contribution in [-0.4, -0.2) is 5.91 Å². The fourth-order valence-electron chi connectivity index (χ4n) is 1.46. The molecule has 0 heterocycles. The maximum Gasteiger partial charge on any atom is 0.257 e. The van der Waals surface area contributed by atoms with E-state index in [0.717, 1.165) is 0 Å². The van der Waals surface area contributed by atoms with Gasteiger partial charge in [0.2, 0.25) is 0 Å². The number of para-hydroxylation sites is 1. The Morgan fingerprint density at radius 1 is 0.895 bits per heavy atom. The molecule has 2 aromatic rings. The van der Waals surface area contributed by atoms with E-state index in [1.165, 1.54) is 6.07 Å². The molecule has 0 fully saturated rings. The average molecular weight is 335 g/mol. The third-order valence-corrected chi connectivity index (χ3v) is 4.13. The van der Waals surface area contributed by atoms with Crippen molar-refractivity contribution in [2.24, 2.45) is 0 Å². The number of carbonyl (C=O) groups excluding carboxylic acids is 1. The molecule has 0 aromatic heterocycles. The molecule has 0 saturated heterocycles. The van der Waals surface area contributed by atoms with Crippen LogP contribution < -0.4 is 5.32 Å². The van der Waals surface area contributed by atoms with E-state index in [9.17, 15) is 4.79 Å². The largest absolute Gasteiger partial charge is 0.322 e. The molecule has 0 saturated carbocycles. The van der Waals surface area contributed by atoms with Gasteiger partial charge >= 0.3 is 0 Å². The van der Waals surface area contributed by atoms with Gasteiger partial charge in [0.1, 0.15) is 0 Å². The van der Waals surface area contributed by atoms with E-state index in [1.54, 1.807) is 24.3 Å². The van der Waals surface area contributed by atoms with E-state index in [4.69, 9.17) is 46.4 Å². The zero-order valence-corrected chi connectivity index (χ0v) is 12.4. The van der Waals surface area contributed by atoms with Gasteiger partial charge in [0.15, 0.2) is 0 Å². The first-order valence-electron chi connectivity index (χ1n) is 5.20. The molecular weight excluding hydrogens is 328 g/mol. The van der Waals surface area contributed by atoms with Crippen molar-refractivity contribution in [3.05, 3.63) is 62.1 Å². The minimum atomic E-state index is -0.406. The Morgan fingerprint density at radius 3 is 2.16 bits per heavy atom. The Labute approximate surface area is 130 Å². The number of hydrogen-bond acceptors (Lipinski definition) is 1. The molecule has 0 aliphatic carbocycles. The van der Waals surface area contributed by atoms with Gasteiger partial charge in [-0.3, -0.25) is 4.79 Å². The van der Waals surface area contributed by atoms with Crippen molar-refractivity contribution in [3.63, 3.8) is 0 Å². The normalized spacial score (nSPS) is 10.3. The van der Waals surface area contributed by atoms with E-state index >= 15 is 0 Å². The number of rotatable bonds is 2. The third-order valence-electron chi connectivity index (χ3n) is 2.38. The number of amides is 1. The molecule has 19 heavy (non-hydrogen) atoms. The number of benzene rings is 2. The standard InChI is InChI=1S/C13H7Cl4NO/c14-9-6-8(10(15)12(17)11(9)16)13(19)18-7-4-2-1-3-5-7/h1-6H,(H,18,19). The summed E-state index contributed by atoms with van der Waals surface area (Å²) in [6, 6.07) is 10.4. The van der Waals surface area contributed by atoms with E-state index in [0.29, 0.717) is 5.69 Å². The van der Waals surface area contributed by atoms with Crippen molar-refractivity contribution in [1.29, 1.82) is 0 Å². The molecule has 0 radical (unpaired) electrons. The van der Waals surface area contributed by atoms with Crippen LogP contribution in [-0.2, 0) is 0 Å². The predicted molar refractivity (Wildman–Crippen MR) is 80.9 cm³/mol. The first-order chi connectivity index (χ1) is 9.00. The van der Waals surface area contributed by atoms with Crippen LogP contribution in [0.25, 0.3) is 0 Å². The lowest BCUT2D eigenvalue weighted by molar-refractivity contribution is 0.102. The van der Waals surface area contributed by atoms with Crippen molar-refractivity contribution < 1.29 is 4.79 Å². The van der Waals surface area contributed by atoms with Gasteiger partial charge in [0.05, 0.1) is 25.7 Å². The summed E-state index contributed by atoms with van der Waals surface area (Å²) in [6.07, 6.45) is 0. The van der Waals surface area contributed by atoms with Gasteiger partial charge in [-0.1, -0.05) is 64.6 Å². The Bertz CT molecular complexity index is 628. The van der Waals surface area contributed by atoms with Gasteiger partial charge in [-0.05, 0) is 18.2 Å². The Morgan fingerprint density at radius 2 is 1.53 bits per heavy atom. The van der Waals surface area contributed by atoms with Gasteiger partial charge < -0.3 is 5.32 Å². The second-order valence-corrected chi connectivity index (χ2v) is 5.21. The van der Waals surface area contributed by atoms with E-state index in [2.05, 4.69) is 5.32 Å². The van der Waals surface area contributed by atoms with Crippen LogP contribution in [0.1, 0.15) is 10.4 Å². The molecule has 1 N–H and O–H groups in total. The van der Waals surface area contributed by atoms with Crippen molar-refractivity contribution in [1.82, 2.24) is 0 Å². The van der Waals surface area contributed by atoms with Gasteiger partial charge in [0.25, 0.3) is 5.91 Å². The van der Waals surface area contributed by atoms with Crippen molar-refractivity contribution in [2.45, 2.75) is 0 Å². The van der Waals surface area contributed by atoms with Crippen LogP contribution in [0.5, 0.6) is 0 Å². The first-order valence-corrected chi connectivity index (χ1v) is 6.71. The number of anilines is 1. The first kappa shape index (κ1) is 14.5. The lowest BCUT2D eigenvalue weighted by Crippen LogP contribution is -2.12. The summed E-state index contributed by atoms with van der Waals surface area (Å²) < 4.78 is 0. The molecule has 98 valence electrons. The number of nitrogens with one attached hydrogen (secondary N) is 1. The molecule has 0 bridgehead atoms. The maximum absolute atomic E-state index is 12.1. The summed E-state index contributed by atoms with van der Waals surface area (Å²) in [7, 11) is 0. The summed E-state index contributed by atoms with van der Waals surface area (Å²) >= 11 is 23.6. The molecule has 2 rings (SSSR count). The van der Waals surface area contributed by atoms with Gasteiger partial charge in [-0.15, -0.1) is 0 Å². The monoisotopic (exact) mass is 333 g/mol. The highest BCUT2D eigenvalue weighted by Gasteiger charge is 2.18. The minimum absolute atomic E-state index is 0.0639. The summed E-state index contributed by atoms with van der Waals surface area (Å²) in [5, 5.41) is 3.13. The third kappa shape index (κ3) is 3.15. The molecule has 0 atom stereocenters. The Kier molecular flexibility index (Phi) is 4.58. The predicted octanol–water partition coefficient (Wildman–Crippen LogP) is 5.55. The molecule has 0 spiro atoms. The van der Waals surface area contributed by atoms with Crippen LogP contribution >= 0.6 is 46.4 Å². The molecule has 1 amide bonds. The van der Waals surface area contributed by atoms with Crippen LogP contribution in [0.4, 0.5) is 5.69 Å². The smallest absolute Gasteiger partial charge is 0.257 e. The maximum atomic E-state index is 12.1. The second-order valence-electron chi connectivity index (χ2n) is 3.67. The molecular formula is C13H7Cl4NO. The van der Waals surface area contributed by atoms with Crippen LogP contribution in [0, 0.1) is 0 Å². The number of halogens is 4. The quantitative estimate of drug-likeness (QED) is 0.566. The highest BCUT2D eigenvalue weighted by Crippen LogP contribution is 2.38. The van der Waals surface area contributed by atoms with Gasteiger partial charge in [-0.25, -0.2) is 0 Å². The highest BCUT2D eigenvalue weighted by atomic mass is 35.5. The van der Waals surface area contributed by atoms with Crippen LogP contribution in [0.15, 0.2) is 36.4 Å². The zero-order chi connectivity index (χ0) is 14.0. The zero-order valence-electron chi connectivity index (χ0n) is 9.38. The highest BCUT2D eigenvalue weighted by molar-refractivity contribution is 6.52. The van der Waals surface area contributed by atoms with E-state index < -0.39 is 5.91 Å². The summed E-state index contributed by atoms with van der Waals surface area (Å²) in [5.41, 5.74) is 0.815.